The number of nitrogens with one attached hydrogen (secondary N) is 3. The van der Waals surface area contributed by atoms with Gasteiger partial charge in [0.2, 0.25) is 5.91 Å². The molecule has 0 radical (unpaired) electrons. The van der Waals surface area contributed by atoms with Gasteiger partial charge in [-0.2, -0.15) is 13.2 Å². The van der Waals surface area contributed by atoms with E-state index >= 15 is 0 Å². The van der Waals surface area contributed by atoms with Crippen LogP contribution in [0.4, 0.5) is 27.6 Å². The molecule has 0 saturated heterocycles. The number of hydrogen-bond acceptors (Lipinski definition) is 4. The summed E-state index contributed by atoms with van der Waals surface area (Å²) < 4.78 is 70.7. The van der Waals surface area contributed by atoms with Crippen molar-refractivity contribution < 1.29 is 41.1 Å². The molecule has 1 atom stereocenters. The molecule has 3 rings (SSSR count). The summed E-state index contributed by atoms with van der Waals surface area (Å²) in [4.78, 5) is 38.8. The highest BCUT2D eigenvalue weighted by molar-refractivity contribution is 6.34. The molecule has 1 unspecified atom stereocenters. The second-order valence-electron chi connectivity index (χ2n) is 11.2. The predicted octanol–water partition coefficient (Wildman–Crippen LogP) is 7.78. The number of benzene rings is 2. The van der Waals surface area contributed by atoms with Gasteiger partial charge in [0.1, 0.15) is 17.8 Å². The Hall–Kier alpha value is -4.19. The summed E-state index contributed by atoms with van der Waals surface area (Å²) in [5.41, 5.74) is -1.47. The van der Waals surface area contributed by atoms with Crippen molar-refractivity contribution >= 4 is 35.0 Å². The highest BCUT2D eigenvalue weighted by atomic mass is 35.5. The summed E-state index contributed by atoms with van der Waals surface area (Å²) >= 11 is 6.23. The van der Waals surface area contributed by atoms with Crippen molar-refractivity contribution in [3.05, 3.63) is 94.6 Å². The van der Waals surface area contributed by atoms with Gasteiger partial charge in [-0.05, 0) is 75.4 Å². The number of carbonyl (C=O) groups is 3. The molecule has 2 aromatic carbocycles. The van der Waals surface area contributed by atoms with Crippen LogP contribution in [-0.2, 0) is 11.3 Å². The van der Waals surface area contributed by atoms with E-state index in [1.165, 1.54) is 36.4 Å². The molecule has 2 aromatic rings. The third-order valence-corrected chi connectivity index (χ3v) is 7.59. The van der Waals surface area contributed by atoms with Crippen LogP contribution in [0.3, 0.4) is 0 Å². The van der Waals surface area contributed by atoms with Crippen LogP contribution in [0.1, 0.15) is 65.8 Å². The Kier molecular flexibility index (Phi) is 12.5. The second kappa shape index (κ2) is 15.9. The van der Waals surface area contributed by atoms with Crippen LogP contribution < -0.4 is 20.7 Å². The number of anilines is 1. The van der Waals surface area contributed by atoms with Crippen molar-refractivity contribution in [1.29, 1.82) is 0 Å². The lowest BCUT2D eigenvalue weighted by molar-refractivity contribution is -0.211. The molecule has 0 fully saturated rings. The minimum Gasteiger partial charge on any atom is -0.487 e. The minimum absolute atomic E-state index is 0.0135. The van der Waals surface area contributed by atoms with Crippen LogP contribution in [0.5, 0.6) is 5.75 Å². The SMILES string of the molecule is C=C1/C=C\C=C/CCC(NC(=O)c2cc(NC(=O)c3cc(CNC(=O)C(C)(C)C(F)(F)F)ccc3Cl)ccc2OCC(F)F)CC1. The summed E-state index contributed by atoms with van der Waals surface area (Å²) in [7, 11) is 0. The van der Waals surface area contributed by atoms with Crippen molar-refractivity contribution in [3.8, 4) is 5.75 Å². The Labute approximate surface area is 268 Å². The van der Waals surface area contributed by atoms with E-state index in [1.54, 1.807) is 0 Å². The lowest BCUT2D eigenvalue weighted by Gasteiger charge is -2.26. The van der Waals surface area contributed by atoms with Crippen LogP contribution in [-0.4, -0.2) is 43.0 Å². The first kappa shape index (κ1) is 36.3. The van der Waals surface area contributed by atoms with Gasteiger partial charge in [-0.1, -0.05) is 54.1 Å². The summed E-state index contributed by atoms with van der Waals surface area (Å²) in [6.07, 6.45) is 2.60. The van der Waals surface area contributed by atoms with Gasteiger partial charge in [0.15, 0.2) is 0 Å². The second-order valence-corrected chi connectivity index (χ2v) is 11.6. The maximum absolute atomic E-state index is 13.4. The number of ether oxygens (including phenoxy) is 1. The Morgan fingerprint density at radius 2 is 1.76 bits per heavy atom. The van der Waals surface area contributed by atoms with E-state index in [9.17, 15) is 36.3 Å². The van der Waals surface area contributed by atoms with Crippen LogP contribution in [0.15, 0.2) is 72.9 Å². The van der Waals surface area contributed by atoms with Crippen molar-refractivity contribution in [2.45, 2.75) is 64.7 Å². The maximum atomic E-state index is 13.4. The zero-order valence-electron chi connectivity index (χ0n) is 25.3. The van der Waals surface area contributed by atoms with Crippen molar-refractivity contribution in [1.82, 2.24) is 10.6 Å². The summed E-state index contributed by atoms with van der Waals surface area (Å²) in [6.45, 7) is 4.25. The number of halogens is 6. The summed E-state index contributed by atoms with van der Waals surface area (Å²) in [5.74, 6) is -2.68. The highest BCUT2D eigenvalue weighted by Crippen LogP contribution is 2.37. The third-order valence-electron chi connectivity index (χ3n) is 7.26. The lowest BCUT2D eigenvalue weighted by Crippen LogP contribution is -2.46. The zero-order chi connectivity index (χ0) is 34.1. The molecule has 46 heavy (non-hydrogen) atoms. The van der Waals surface area contributed by atoms with Gasteiger partial charge in [0.05, 0.1) is 16.1 Å². The smallest absolute Gasteiger partial charge is 0.402 e. The highest BCUT2D eigenvalue weighted by Gasteiger charge is 2.52. The van der Waals surface area contributed by atoms with Gasteiger partial charge in [-0.15, -0.1) is 0 Å². The molecule has 248 valence electrons. The van der Waals surface area contributed by atoms with Crippen molar-refractivity contribution in [2.75, 3.05) is 11.9 Å². The average molecular weight is 668 g/mol. The average Bonchev–Trinajstić information content (AvgIpc) is 2.99. The van der Waals surface area contributed by atoms with Crippen molar-refractivity contribution in [2.24, 2.45) is 5.41 Å². The molecule has 1 aliphatic carbocycles. The van der Waals surface area contributed by atoms with E-state index in [-0.39, 0.29) is 40.2 Å². The first-order valence-corrected chi connectivity index (χ1v) is 14.8. The number of rotatable bonds is 10. The fraction of sp³-hybridized carbons (Fsp3) is 0.364. The van der Waals surface area contributed by atoms with E-state index in [2.05, 4.69) is 22.5 Å². The maximum Gasteiger partial charge on any atom is 0.402 e. The molecule has 7 nitrogen and oxygen atoms in total. The molecule has 0 heterocycles. The molecule has 0 spiro atoms. The predicted molar refractivity (Wildman–Crippen MR) is 166 cm³/mol. The largest absolute Gasteiger partial charge is 0.487 e. The lowest BCUT2D eigenvalue weighted by atomic mass is 9.91. The van der Waals surface area contributed by atoms with E-state index in [1.807, 2.05) is 24.3 Å². The zero-order valence-corrected chi connectivity index (χ0v) is 26.0. The molecule has 0 bridgehead atoms. The topological polar surface area (TPSA) is 96.5 Å². The Morgan fingerprint density at radius 3 is 2.46 bits per heavy atom. The number of hydrogen-bond donors (Lipinski definition) is 3. The van der Waals surface area contributed by atoms with Gasteiger partial charge in [-0.3, -0.25) is 14.4 Å². The van der Waals surface area contributed by atoms with E-state index in [0.29, 0.717) is 31.2 Å². The standard InChI is InChI=1S/C33H35ClF5N3O4/c1-20-8-6-4-5-7-9-22(12-10-20)41-30(44)25-17-23(13-15-27(25)46-19-28(35)36)42-29(43)24-16-21(11-14-26(24)34)18-40-31(45)32(2,3)33(37,38)39/h4-6,8,11,13-17,22,28H,1,7,9-10,12,18-19H2,2-3H3,(H,40,45)(H,41,44)(H,42,43)/b5-4-,8-6-. The fourth-order valence-electron chi connectivity index (χ4n) is 4.31. The summed E-state index contributed by atoms with van der Waals surface area (Å²) in [5, 5.41) is 7.75. The molecule has 0 aliphatic heterocycles. The number of amides is 3. The van der Waals surface area contributed by atoms with Gasteiger partial charge >= 0.3 is 6.18 Å². The third kappa shape index (κ3) is 10.2. The first-order chi connectivity index (χ1) is 21.6. The van der Waals surface area contributed by atoms with Crippen molar-refractivity contribution in [3.63, 3.8) is 0 Å². The number of alkyl halides is 5. The molecular formula is C33H35ClF5N3O4. The fourth-order valence-corrected chi connectivity index (χ4v) is 4.51. The minimum atomic E-state index is -4.77. The van der Waals surface area contributed by atoms with Gasteiger partial charge in [-0.25, -0.2) is 8.78 Å². The van der Waals surface area contributed by atoms with Gasteiger partial charge in [0.25, 0.3) is 18.2 Å². The molecular weight excluding hydrogens is 633 g/mol. The molecule has 3 amide bonds. The van der Waals surface area contributed by atoms with Crippen LogP contribution in [0, 0.1) is 5.41 Å². The Morgan fingerprint density at radius 1 is 1.02 bits per heavy atom. The first-order valence-electron chi connectivity index (χ1n) is 14.4. The molecule has 0 aromatic heterocycles. The van der Waals surface area contributed by atoms with E-state index in [4.69, 9.17) is 16.3 Å². The van der Waals surface area contributed by atoms with E-state index in [0.717, 1.165) is 19.4 Å². The quantitative estimate of drug-likeness (QED) is 0.226. The normalized spacial score (nSPS) is 17.2. The molecule has 3 N–H and O–H groups in total. The number of allylic oxidation sites excluding steroid dienone is 5. The van der Waals surface area contributed by atoms with Crippen LogP contribution in [0.2, 0.25) is 5.02 Å². The van der Waals surface area contributed by atoms with E-state index < -0.39 is 42.3 Å². The molecule has 0 saturated carbocycles. The van der Waals surface area contributed by atoms with Crippen LogP contribution in [0.25, 0.3) is 0 Å². The number of carbonyl (C=O) groups excluding carboxylic acids is 3. The van der Waals surface area contributed by atoms with Gasteiger partial charge < -0.3 is 20.7 Å². The molecule has 1 aliphatic rings. The summed E-state index contributed by atoms with van der Waals surface area (Å²) in [6, 6.07) is 7.77. The van der Waals surface area contributed by atoms with Crippen LogP contribution >= 0.6 is 11.6 Å². The Bertz CT molecular complexity index is 1500. The Balaban J connectivity index is 1.80. The monoisotopic (exact) mass is 667 g/mol. The molecule has 13 heteroatoms. The van der Waals surface area contributed by atoms with Gasteiger partial charge in [0, 0.05) is 18.3 Å².